The van der Waals surface area contributed by atoms with Crippen LogP contribution in [0.4, 0.5) is 0 Å². The van der Waals surface area contributed by atoms with E-state index in [-0.39, 0.29) is 11.8 Å². The Morgan fingerprint density at radius 2 is 1.92 bits per heavy atom. The van der Waals surface area contributed by atoms with E-state index in [0.717, 1.165) is 27.6 Å². The molecule has 0 aliphatic rings. The molecule has 0 aliphatic heterocycles. The Morgan fingerprint density at radius 1 is 1.08 bits per heavy atom. The minimum Gasteiger partial charge on any atom is -0.493 e. The molecule has 200 valence electrons. The van der Waals surface area contributed by atoms with E-state index < -0.39 is 0 Å². The number of nitrogens with one attached hydrogen (secondary N) is 1. The van der Waals surface area contributed by atoms with Crippen molar-refractivity contribution in [2.45, 2.75) is 32.9 Å². The highest BCUT2D eigenvalue weighted by Crippen LogP contribution is 2.27. The Hall–Kier alpha value is -3.63. The maximum Gasteiger partial charge on any atom is 0.270 e. The number of rotatable bonds is 13. The molecule has 10 heteroatoms. The highest BCUT2D eigenvalue weighted by molar-refractivity contribution is 7.12. The van der Waals surface area contributed by atoms with Crippen LogP contribution < -0.4 is 14.8 Å². The highest BCUT2D eigenvalue weighted by Gasteiger charge is 2.18. The van der Waals surface area contributed by atoms with Crippen molar-refractivity contribution in [3.05, 3.63) is 86.3 Å². The van der Waals surface area contributed by atoms with Crippen molar-refractivity contribution in [3.63, 3.8) is 0 Å². The summed E-state index contributed by atoms with van der Waals surface area (Å²) in [7, 11) is 3.21. The summed E-state index contributed by atoms with van der Waals surface area (Å²) in [6.45, 7) is 4.30. The van der Waals surface area contributed by atoms with E-state index in [4.69, 9.17) is 9.47 Å². The molecule has 4 aromatic rings. The normalized spacial score (nSPS) is 10.8. The Morgan fingerprint density at radius 3 is 2.66 bits per heavy atom. The predicted molar refractivity (Wildman–Crippen MR) is 151 cm³/mol. The van der Waals surface area contributed by atoms with Crippen molar-refractivity contribution >= 4 is 34.5 Å². The third-order valence-electron chi connectivity index (χ3n) is 6.03. The lowest BCUT2D eigenvalue weighted by Crippen LogP contribution is -2.31. The van der Waals surface area contributed by atoms with Crippen LogP contribution >= 0.6 is 22.7 Å². The van der Waals surface area contributed by atoms with Gasteiger partial charge >= 0.3 is 0 Å². The minimum absolute atomic E-state index is 0.0517. The van der Waals surface area contributed by atoms with Crippen LogP contribution in [0.5, 0.6) is 11.5 Å². The second-order valence-corrected chi connectivity index (χ2v) is 10.5. The van der Waals surface area contributed by atoms with E-state index in [1.807, 2.05) is 58.9 Å². The van der Waals surface area contributed by atoms with Crippen molar-refractivity contribution in [1.82, 2.24) is 19.8 Å². The quantitative estimate of drug-likeness (QED) is 0.250. The molecule has 38 heavy (non-hydrogen) atoms. The molecular weight excluding hydrogens is 520 g/mol. The summed E-state index contributed by atoms with van der Waals surface area (Å²) in [5.41, 5.74) is 2.47. The van der Waals surface area contributed by atoms with E-state index >= 15 is 0 Å². The highest BCUT2D eigenvalue weighted by atomic mass is 32.1. The van der Waals surface area contributed by atoms with Gasteiger partial charge in [-0.3, -0.25) is 9.59 Å². The summed E-state index contributed by atoms with van der Waals surface area (Å²) in [6, 6.07) is 13.5. The second kappa shape index (κ2) is 13.3. The molecule has 2 amide bonds. The fraction of sp³-hybridized carbons (Fsp3) is 0.321. The zero-order valence-corrected chi connectivity index (χ0v) is 23.4. The van der Waals surface area contributed by atoms with Crippen LogP contribution in [0.25, 0.3) is 0 Å². The molecule has 1 N–H and O–H groups in total. The SMILES string of the molecule is CCCN(Cc1cccn1Cc1nc(C(=O)NCCc2ccc(OC)c(OC)c2)cs1)C(=O)c1cccs1. The fourth-order valence-electron chi connectivity index (χ4n) is 4.10. The molecule has 0 fully saturated rings. The van der Waals surface area contributed by atoms with Crippen molar-refractivity contribution in [1.29, 1.82) is 0 Å². The zero-order valence-electron chi connectivity index (χ0n) is 21.8. The molecule has 0 atom stereocenters. The van der Waals surface area contributed by atoms with Crippen LogP contribution in [0.2, 0.25) is 0 Å². The first kappa shape index (κ1) is 27.4. The number of thiazole rings is 1. The van der Waals surface area contributed by atoms with Gasteiger partial charge in [0, 0.05) is 30.4 Å². The number of amides is 2. The van der Waals surface area contributed by atoms with Crippen molar-refractivity contribution in [2.24, 2.45) is 0 Å². The number of nitrogens with zero attached hydrogens (tertiary/aromatic N) is 3. The Kier molecular flexibility index (Phi) is 9.56. The molecular formula is C28H32N4O4S2. The van der Waals surface area contributed by atoms with E-state index in [9.17, 15) is 9.59 Å². The van der Waals surface area contributed by atoms with E-state index in [2.05, 4.69) is 21.8 Å². The van der Waals surface area contributed by atoms with Crippen molar-refractivity contribution < 1.29 is 19.1 Å². The van der Waals surface area contributed by atoms with Crippen LogP contribution in [0.15, 0.2) is 59.4 Å². The maximum atomic E-state index is 13.0. The summed E-state index contributed by atoms with van der Waals surface area (Å²) < 4.78 is 12.7. The summed E-state index contributed by atoms with van der Waals surface area (Å²) in [4.78, 5) is 32.9. The third-order valence-corrected chi connectivity index (χ3v) is 7.72. The van der Waals surface area contributed by atoms with E-state index in [1.54, 1.807) is 19.6 Å². The lowest BCUT2D eigenvalue weighted by atomic mass is 10.1. The van der Waals surface area contributed by atoms with Gasteiger partial charge in [-0.2, -0.15) is 0 Å². The van der Waals surface area contributed by atoms with Crippen molar-refractivity contribution in [2.75, 3.05) is 27.3 Å². The first-order chi connectivity index (χ1) is 18.5. The smallest absolute Gasteiger partial charge is 0.270 e. The van der Waals surface area contributed by atoms with Gasteiger partial charge in [-0.15, -0.1) is 22.7 Å². The average Bonchev–Trinajstić information content (AvgIpc) is 3.71. The maximum absolute atomic E-state index is 13.0. The van der Waals surface area contributed by atoms with Gasteiger partial charge in [0.1, 0.15) is 10.7 Å². The second-order valence-electron chi connectivity index (χ2n) is 8.65. The molecule has 0 bridgehead atoms. The lowest BCUT2D eigenvalue weighted by Gasteiger charge is -2.22. The molecule has 3 aromatic heterocycles. The standard InChI is InChI=1S/C28H32N4O4S2/c1-4-13-32(28(34)25-8-6-15-37-25)17-21-7-5-14-31(21)18-26-30-22(19-38-26)27(33)29-12-11-20-9-10-23(35-2)24(16-20)36-3/h5-10,14-16,19H,4,11-13,17-18H2,1-3H3,(H,29,33). The van der Waals surface area contributed by atoms with Gasteiger partial charge in [-0.25, -0.2) is 4.98 Å². The van der Waals surface area contributed by atoms with Crippen LogP contribution in [0, 0.1) is 0 Å². The molecule has 1 aromatic carbocycles. The third kappa shape index (κ3) is 6.81. The average molecular weight is 553 g/mol. The minimum atomic E-state index is -0.198. The summed E-state index contributed by atoms with van der Waals surface area (Å²) >= 11 is 2.92. The van der Waals surface area contributed by atoms with Gasteiger partial charge in [0.15, 0.2) is 11.5 Å². The van der Waals surface area contributed by atoms with Gasteiger partial charge < -0.3 is 24.3 Å². The fourth-order valence-corrected chi connectivity index (χ4v) is 5.56. The van der Waals surface area contributed by atoms with Gasteiger partial charge in [0.05, 0.1) is 32.2 Å². The molecule has 0 saturated carbocycles. The lowest BCUT2D eigenvalue weighted by molar-refractivity contribution is 0.0744. The van der Waals surface area contributed by atoms with Crippen LogP contribution in [-0.2, 0) is 19.5 Å². The Labute approximate surface area is 230 Å². The zero-order chi connectivity index (χ0) is 26.9. The number of aromatic nitrogens is 2. The van der Waals surface area contributed by atoms with E-state index in [0.29, 0.717) is 49.8 Å². The summed E-state index contributed by atoms with van der Waals surface area (Å²) in [5.74, 6) is 1.19. The van der Waals surface area contributed by atoms with Crippen molar-refractivity contribution in [3.8, 4) is 11.5 Å². The molecule has 0 unspecified atom stereocenters. The summed E-state index contributed by atoms with van der Waals surface area (Å²) in [6.07, 6.45) is 3.53. The number of carbonyl (C=O) groups excluding carboxylic acids is 2. The largest absolute Gasteiger partial charge is 0.493 e. The number of methoxy groups -OCH3 is 2. The summed E-state index contributed by atoms with van der Waals surface area (Å²) in [5, 5.41) is 7.49. The number of thiophene rings is 1. The molecule has 0 aliphatic carbocycles. The van der Waals surface area contributed by atoms with Gasteiger partial charge in [0.25, 0.3) is 11.8 Å². The van der Waals surface area contributed by atoms with Gasteiger partial charge in [0.2, 0.25) is 0 Å². The predicted octanol–water partition coefficient (Wildman–Crippen LogP) is 5.10. The first-order valence-corrected chi connectivity index (χ1v) is 14.2. The number of hydrogen-bond donors (Lipinski definition) is 1. The van der Waals surface area contributed by atoms with Gasteiger partial charge in [-0.1, -0.05) is 19.1 Å². The molecule has 0 spiro atoms. The molecule has 0 saturated heterocycles. The van der Waals surface area contributed by atoms with Crippen LogP contribution in [0.3, 0.4) is 0 Å². The van der Waals surface area contributed by atoms with Crippen LogP contribution in [-0.4, -0.2) is 53.6 Å². The Balaban J connectivity index is 1.33. The molecule has 0 radical (unpaired) electrons. The number of carbonyl (C=O) groups is 2. The molecule has 4 rings (SSSR count). The monoisotopic (exact) mass is 552 g/mol. The number of ether oxygens (including phenoxy) is 2. The number of benzene rings is 1. The number of hydrogen-bond acceptors (Lipinski definition) is 7. The van der Waals surface area contributed by atoms with Gasteiger partial charge in [-0.05, 0) is 54.1 Å². The van der Waals surface area contributed by atoms with Crippen LogP contribution in [0.1, 0.15) is 49.8 Å². The first-order valence-electron chi connectivity index (χ1n) is 12.4. The van der Waals surface area contributed by atoms with E-state index in [1.165, 1.54) is 22.7 Å². The Bertz CT molecular complexity index is 1350. The topological polar surface area (TPSA) is 85.7 Å². The molecule has 3 heterocycles. The molecule has 8 nitrogen and oxygen atoms in total.